The molecule has 0 N–H and O–H groups in total. The van der Waals surface area contributed by atoms with Crippen molar-refractivity contribution in [1.82, 2.24) is 19.9 Å². The molecule has 0 aliphatic carbocycles. The highest BCUT2D eigenvalue weighted by molar-refractivity contribution is 7.09. The third-order valence-corrected chi connectivity index (χ3v) is 4.76. The van der Waals surface area contributed by atoms with Crippen molar-refractivity contribution in [3.63, 3.8) is 0 Å². The Hall–Kier alpha value is -2.34. The molecule has 22 heavy (non-hydrogen) atoms. The Bertz CT molecular complexity index is 824. The summed E-state index contributed by atoms with van der Waals surface area (Å²) in [4.78, 5) is 27.5. The van der Waals surface area contributed by atoms with Crippen molar-refractivity contribution in [2.75, 3.05) is 7.05 Å². The van der Waals surface area contributed by atoms with Gasteiger partial charge in [-0.2, -0.15) is 0 Å². The van der Waals surface area contributed by atoms with Crippen LogP contribution in [0.15, 0.2) is 36.0 Å². The van der Waals surface area contributed by atoms with Crippen molar-refractivity contribution in [2.45, 2.75) is 19.9 Å². The van der Waals surface area contributed by atoms with Gasteiger partial charge < -0.3 is 4.90 Å². The average molecular weight is 312 g/mol. The molecular formula is C16H16N4OS. The van der Waals surface area contributed by atoms with E-state index in [0.717, 1.165) is 16.2 Å². The Kier molecular flexibility index (Phi) is 3.85. The van der Waals surface area contributed by atoms with E-state index >= 15 is 0 Å². The van der Waals surface area contributed by atoms with E-state index in [0.29, 0.717) is 11.1 Å². The van der Waals surface area contributed by atoms with Crippen LogP contribution in [-0.4, -0.2) is 32.8 Å². The summed E-state index contributed by atoms with van der Waals surface area (Å²) in [6.45, 7) is 3.93. The largest absolute Gasteiger partial charge is 0.332 e. The monoisotopic (exact) mass is 312 g/mol. The zero-order chi connectivity index (χ0) is 15.7. The zero-order valence-electron chi connectivity index (χ0n) is 12.6. The number of carbonyl (C=O) groups is 1. The first-order valence-electron chi connectivity index (χ1n) is 6.97. The summed E-state index contributed by atoms with van der Waals surface area (Å²) in [7, 11) is 1.79. The number of aromatic nitrogens is 3. The Morgan fingerprint density at radius 2 is 2.05 bits per heavy atom. The van der Waals surface area contributed by atoms with Crippen LogP contribution in [0.3, 0.4) is 0 Å². The molecule has 1 unspecified atom stereocenters. The standard InChI is InChI=1S/C16H16N4OS/c1-10-9-22-15(19-10)11(2)20(3)16(21)12-5-4-6-13-14(12)18-8-7-17-13/h4-9,11H,1-3H3. The van der Waals surface area contributed by atoms with Gasteiger partial charge in [0, 0.05) is 30.5 Å². The van der Waals surface area contributed by atoms with E-state index in [4.69, 9.17) is 0 Å². The molecule has 5 nitrogen and oxygen atoms in total. The number of nitrogens with zero attached hydrogens (tertiary/aromatic N) is 4. The number of hydrogen-bond acceptors (Lipinski definition) is 5. The summed E-state index contributed by atoms with van der Waals surface area (Å²) >= 11 is 1.57. The van der Waals surface area contributed by atoms with E-state index in [1.54, 1.807) is 41.7 Å². The highest BCUT2D eigenvalue weighted by atomic mass is 32.1. The van der Waals surface area contributed by atoms with Gasteiger partial charge in [-0.1, -0.05) is 6.07 Å². The van der Waals surface area contributed by atoms with Gasteiger partial charge in [-0.15, -0.1) is 11.3 Å². The fraction of sp³-hybridized carbons (Fsp3) is 0.250. The van der Waals surface area contributed by atoms with Crippen molar-refractivity contribution >= 4 is 28.3 Å². The number of carbonyl (C=O) groups excluding carboxylic acids is 1. The topological polar surface area (TPSA) is 59.0 Å². The van der Waals surface area contributed by atoms with E-state index in [-0.39, 0.29) is 11.9 Å². The smallest absolute Gasteiger partial charge is 0.256 e. The normalized spacial score (nSPS) is 12.3. The summed E-state index contributed by atoms with van der Waals surface area (Å²) in [6, 6.07) is 5.39. The van der Waals surface area contributed by atoms with Gasteiger partial charge in [-0.05, 0) is 26.0 Å². The molecule has 1 amide bonds. The Morgan fingerprint density at radius 1 is 1.27 bits per heavy atom. The third-order valence-electron chi connectivity index (χ3n) is 3.62. The lowest BCUT2D eigenvalue weighted by molar-refractivity contribution is 0.0744. The van der Waals surface area contributed by atoms with Crippen molar-refractivity contribution < 1.29 is 4.79 Å². The van der Waals surface area contributed by atoms with Crippen LogP contribution < -0.4 is 0 Å². The first-order valence-corrected chi connectivity index (χ1v) is 7.85. The van der Waals surface area contributed by atoms with E-state index in [1.165, 1.54) is 0 Å². The van der Waals surface area contributed by atoms with Crippen molar-refractivity contribution in [3.8, 4) is 0 Å². The maximum Gasteiger partial charge on any atom is 0.256 e. The molecule has 0 spiro atoms. The van der Waals surface area contributed by atoms with Crippen molar-refractivity contribution in [3.05, 3.63) is 52.2 Å². The van der Waals surface area contributed by atoms with Crippen LogP contribution in [0.2, 0.25) is 0 Å². The minimum absolute atomic E-state index is 0.0774. The molecule has 1 atom stereocenters. The number of thiazole rings is 1. The first-order chi connectivity index (χ1) is 10.6. The molecule has 3 aromatic rings. The maximum atomic E-state index is 12.8. The van der Waals surface area contributed by atoms with Gasteiger partial charge >= 0.3 is 0 Å². The summed E-state index contributed by atoms with van der Waals surface area (Å²) in [6.07, 6.45) is 3.23. The number of aryl methyl sites for hydroxylation is 1. The van der Waals surface area contributed by atoms with Crippen LogP contribution in [0.1, 0.15) is 34.0 Å². The number of rotatable bonds is 3. The molecule has 2 heterocycles. The third kappa shape index (κ3) is 2.57. The summed E-state index contributed by atoms with van der Waals surface area (Å²) in [5, 5.41) is 2.92. The highest BCUT2D eigenvalue weighted by Gasteiger charge is 2.23. The Morgan fingerprint density at radius 3 is 2.77 bits per heavy atom. The van der Waals surface area contributed by atoms with Crippen LogP contribution in [0.25, 0.3) is 11.0 Å². The fourth-order valence-corrected chi connectivity index (χ4v) is 3.16. The molecule has 0 fully saturated rings. The Labute approximate surface area is 132 Å². The van der Waals surface area contributed by atoms with Crippen molar-refractivity contribution in [2.24, 2.45) is 0 Å². The summed E-state index contributed by atoms with van der Waals surface area (Å²) < 4.78 is 0. The highest BCUT2D eigenvalue weighted by Crippen LogP contribution is 2.25. The molecule has 0 bridgehead atoms. The number of hydrogen-bond donors (Lipinski definition) is 0. The molecular weight excluding hydrogens is 296 g/mol. The first kappa shape index (κ1) is 14.6. The van der Waals surface area contributed by atoms with E-state index in [1.807, 2.05) is 31.4 Å². The SMILES string of the molecule is Cc1csc(C(C)N(C)C(=O)c2cccc3nccnc23)n1. The second-order valence-corrected chi connectivity index (χ2v) is 6.04. The van der Waals surface area contributed by atoms with Crippen LogP contribution in [0.4, 0.5) is 0 Å². The number of benzene rings is 1. The molecule has 0 saturated heterocycles. The zero-order valence-corrected chi connectivity index (χ0v) is 13.5. The predicted molar refractivity (Wildman–Crippen MR) is 86.9 cm³/mol. The van der Waals surface area contributed by atoms with Crippen LogP contribution in [0, 0.1) is 6.92 Å². The van der Waals surface area contributed by atoms with Crippen LogP contribution in [0.5, 0.6) is 0 Å². The second-order valence-electron chi connectivity index (χ2n) is 5.15. The van der Waals surface area contributed by atoms with Gasteiger partial charge in [0.25, 0.3) is 5.91 Å². The Balaban J connectivity index is 1.95. The molecule has 6 heteroatoms. The fourth-order valence-electron chi connectivity index (χ4n) is 2.26. The molecule has 2 aromatic heterocycles. The number of para-hydroxylation sites is 1. The summed E-state index contributed by atoms with van der Waals surface area (Å²) in [5.41, 5.74) is 2.89. The maximum absolute atomic E-state index is 12.8. The second kappa shape index (κ2) is 5.81. The number of fused-ring (bicyclic) bond motifs is 1. The van der Waals surface area contributed by atoms with Gasteiger partial charge in [0.2, 0.25) is 0 Å². The molecule has 112 valence electrons. The van der Waals surface area contributed by atoms with E-state index in [2.05, 4.69) is 15.0 Å². The molecule has 0 aliphatic rings. The minimum Gasteiger partial charge on any atom is -0.332 e. The lowest BCUT2D eigenvalue weighted by Gasteiger charge is -2.23. The van der Waals surface area contributed by atoms with Gasteiger partial charge in [0.05, 0.1) is 17.1 Å². The number of amides is 1. The minimum atomic E-state index is -0.0851. The molecule has 1 aromatic carbocycles. The summed E-state index contributed by atoms with van der Waals surface area (Å²) in [5.74, 6) is -0.0774. The van der Waals surface area contributed by atoms with Gasteiger partial charge in [0.1, 0.15) is 10.5 Å². The van der Waals surface area contributed by atoms with Crippen molar-refractivity contribution in [1.29, 1.82) is 0 Å². The lowest BCUT2D eigenvalue weighted by atomic mass is 10.1. The van der Waals surface area contributed by atoms with E-state index in [9.17, 15) is 4.79 Å². The molecule has 3 rings (SSSR count). The average Bonchev–Trinajstić information content (AvgIpc) is 2.98. The lowest BCUT2D eigenvalue weighted by Crippen LogP contribution is -2.30. The van der Waals surface area contributed by atoms with Gasteiger partial charge in [-0.3, -0.25) is 14.8 Å². The van der Waals surface area contributed by atoms with Gasteiger partial charge in [0.15, 0.2) is 0 Å². The van der Waals surface area contributed by atoms with Crippen LogP contribution >= 0.6 is 11.3 Å². The predicted octanol–water partition coefficient (Wildman–Crippen LogP) is 3.23. The van der Waals surface area contributed by atoms with Crippen LogP contribution in [-0.2, 0) is 0 Å². The molecule has 0 radical (unpaired) electrons. The molecule has 0 aliphatic heterocycles. The molecule has 0 saturated carbocycles. The quantitative estimate of drug-likeness (QED) is 0.745. The van der Waals surface area contributed by atoms with E-state index < -0.39 is 0 Å². The van der Waals surface area contributed by atoms with Gasteiger partial charge in [-0.25, -0.2) is 4.98 Å².